The molecule has 0 amide bonds. The van der Waals surface area contributed by atoms with Gasteiger partial charge in [-0.05, 0) is 73.0 Å². The molecular formula is C41H49N2O8+. The molecule has 0 saturated heterocycles. The number of ether oxygens (including phenoxy) is 8. The summed E-state index contributed by atoms with van der Waals surface area (Å²) in [6.07, 6.45) is 3.42. The minimum absolute atomic E-state index is 0.158. The Hall–Kier alpha value is -4.80. The Labute approximate surface area is 300 Å². The van der Waals surface area contributed by atoms with Gasteiger partial charge in [-0.25, -0.2) is 0 Å². The number of rotatable bonds is 11. The van der Waals surface area contributed by atoms with Gasteiger partial charge in [-0.2, -0.15) is 0 Å². The maximum atomic E-state index is 6.51. The Morgan fingerprint density at radius 2 is 1.35 bits per heavy atom. The van der Waals surface area contributed by atoms with Gasteiger partial charge in [0.1, 0.15) is 11.8 Å². The summed E-state index contributed by atoms with van der Waals surface area (Å²) in [5.41, 5.74) is 7.19. The topological polar surface area (TPSA) is 77.1 Å². The molecule has 51 heavy (non-hydrogen) atoms. The van der Waals surface area contributed by atoms with Gasteiger partial charge in [0, 0.05) is 42.1 Å². The number of fused-ring (bicyclic) bond motifs is 4. The summed E-state index contributed by atoms with van der Waals surface area (Å²) in [7, 11) is 15.1. The molecule has 10 nitrogen and oxygen atoms in total. The third-order valence-electron chi connectivity index (χ3n) is 10.9. The van der Waals surface area contributed by atoms with Crippen molar-refractivity contribution >= 4 is 0 Å². The second-order valence-electron chi connectivity index (χ2n) is 14.1. The van der Waals surface area contributed by atoms with Gasteiger partial charge in [0.25, 0.3) is 0 Å². The number of hydrogen-bond donors (Lipinski definition) is 0. The van der Waals surface area contributed by atoms with Crippen LogP contribution in [0.25, 0.3) is 0 Å². The highest BCUT2D eigenvalue weighted by atomic mass is 16.7. The molecule has 0 fully saturated rings. The summed E-state index contributed by atoms with van der Waals surface area (Å²) >= 11 is 0. The van der Waals surface area contributed by atoms with Gasteiger partial charge >= 0.3 is 0 Å². The first kappa shape index (κ1) is 34.6. The fourth-order valence-corrected chi connectivity index (χ4v) is 8.04. The van der Waals surface area contributed by atoms with Crippen molar-refractivity contribution in [3.63, 3.8) is 0 Å². The molecule has 3 heterocycles. The Morgan fingerprint density at radius 1 is 0.667 bits per heavy atom. The average molecular weight is 698 g/mol. The standard InChI is InChI=1S/C41H49N2O8/c1-42-17-15-28-30(22-37(46-6)41-39(28)49-24-50-41)32(42)19-25-9-12-27(13-10-25)51-35-21-26(11-14-34(35)44-4)20-33-31-23-36(45-5)40(48-8)38(47-7)29(31)16-18-43(33,2)3/h9-14,21-23,32-33H,15-20,24H2,1-8H3/q+1/t32-,33?/m0/s1. The van der Waals surface area contributed by atoms with Gasteiger partial charge in [0.15, 0.2) is 34.5 Å². The Morgan fingerprint density at radius 3 is 2.06 bits per heavy atom. The zero-order valence-corrected chi connectivity index (χ0v) is 31.0. The molecule has 10 heteroatoms. The number of hydrogen-bond acceptors (Lipinski definition) is 9. The van der Waals surface area contributed by atoms with Gasteiger partial charge in [0.2, 0.25) is 18.3 Å². The average Bonchev–Trinajstić information content (AvgIpc) is 3.64. The Balaban J connectivity index is 1.13. The van der Waals surface area contributed by atoms with Crippen molar-refractivity contribution in [2.75, 3.05) is 76.6 Å². The quantitative estimate of drug-likeness (QED) is 0.155. The lowest BCUT2D eigenvalue weighted by Gasteiger charge is -2.43. The summed E-state index contributed by atoms with van der Waals surface area (Å²) < 4.78 is 47.8. The zero-order chi connectivity index (χ0) is 35.9. The van der Waals surface area contributed by atoms with Gasteiger partial charge in [-0.3, -0.25) is 4.90 Å². The lowest BCUT2D eigenvalue weighted by Crippen LogP contribution is -2.48. The van der Waals surface area contributed by atoms with Crippen LogP contribution < -0.4 is 37.9 Å². The molecule has 1 unspecified atom stereocenters. The van der Waals surface area contributed by atoms with Gasteiger partial charge in [-0.15, -0.1) is 0 Å². The monoisotopic (exact) mass is 697 g/mol. The van der Waals surface area contributed by atoms with Crippen molar-refractivity contribution in [1.82, 2.24) is 4.90 Å². The molecule has 270 valence electrons. The molecule has 2 atom stereocenters. The molecule has 0 radical (unpaired) electrons. The van der Waals surface area contributed by atoms with Crippen LogP contribution in [0.4, 0.5) is 0 Å². The molecule has 3 aliphatic heterocycles. The van der Waals surface area contributed by atoms with Crippen molar-refractivity contribution in [3.8, 4) is 51.7 Å². The number of quaternary nitrogens is 1. The van der Waals surface area contributed by atoms with Crippen molar-refractivity contribution in [1.29, 1.82) is 0 Å². The first-order valence-electron chi connectivity index (χ1n) is 17.5. The van der Waals surface area contributed by atoms with E-state index in [1.54, 1.807) is 35.5 Å². The van der Waals surface area contributed by atoms with Crippen LogP contribution in [0.3, 0.4) is 0 Å². The molecule has 0 spiro atoms. The van der Waals surface area contributed by atoms with Crippen LogP contribution in [0, 0.1) is 0 Å². The number of benzene rings is 4. The first-order chi connectivity index (χ1) is 24.7. The number of methoxy groups -OCH3 is 5. The highest BCUT2D eigenvalue weighted by Crippen LogP contribution is 2.50. The molecule has 7 rings (SSSR count). The fourth-order valence-electron chi connectivity index (χ4n) is 8.04. The van der Waals surface area contributed by atoms with Crippen molar-refractivity contribution < 1.29 is 42.4 Å². The summed E-state index contributed by atoms with van der Waals surface area (Å²) in [5.74, 6) is 6.44. The van der Waals surface area contributed by atoms with E-state index in [1.807, 2.05) is 18.2 Å². The van der Waals surface area contributed by atoms with Gasteiger partial charge in [-0.1, -0.05) is 18.2 Å². The van der Waals surface area contributed by atoms with Crippen molar-refractivity contribution in [3.05, 3.63) is 88.0 Å². The SMILES string of the molecule is COc1ccc(CC2c3cc(OC)c(OC)c(OC)c3CC[N+]2(C)C)cc1Oc1ccc(C[C@H]2c3cc(OC)c4c(c3CCN2C)OCO4)cc1. The molecule has 0 saturated carbocycles. The minimum atomic E-state index is 0.158. The van der Waals surface area contributed by atoms with Crippen molar-refractivity contribution in [2.45, 2.75) is 37.8 Å². The second kappa shape index (κ2) is 14.1. The molecule has 0 bridgehead atoms. The lowest BCUT2D eigenvalue weighted by atomic mass is 9.86. The van der Waals surface area contributed by atoms with Crippen LogP contribution in [-0.2, 0) is 25.7 Å². The third kappa shape index (κ3) is 6.36. The van der Waals surface area contributed by atoms with E-state index < -0.39 is 0 Å². The van der Waals surface area contributed by atoms with Crippen LogP contribution in [0.1, 0.15) is 45.5 Å². The smallest absolute Gasteiger partial charge is 0.231 e. The van der Waals surface area contributed by atoms with Crippen LogP contribution >= 0.6 is 0 Å². The van der Waals surface area contributed by atoms with Gasteiger partial charge in [0.05, 0.1) is 56.2 Å². The molecule has 0 N–H and O–H groups in total. The van der Waals surface area contributed by atoms with E-state index in [0.29, 0.717) is 28.7 Å². The fraction of sp³-hybridized carbons (Fsp3) is 0.415. The van der Waals surface area contributed by atoms with Crippen LogP contribution in [0.2, 0.25) is 0 Å². The normalized spacial score (nSPS) is 18.7. The summed E-state index contributed by atoms with van der Waals surface area (Å²) in [4.78, 5) is 2.40. The van der Waals surface area contributed by atoms with E-state index in [1.165, 1.54) is 27.8 Å². The maximum Gasteiger partial charge on any atom is 0.231 e. The first-order valence-corrected chi connectivity index (χ1v) is 17.5. The zero-order valence-electron chi connectivity index (χ0n) is 31.0. The minimum Gasteiger partial charge on any atom is -0.493 e. The van der Waals surface area contributed by atoms with E-state index in [4.69, 9.17) is 37.9 Å². The van der Waals surface area contributed by atoms with Crippen LogP contribution in [0.5, 0.6) is 51.7 Å². The summed E-state index contributed by atoms with van der Waals surface area (Å²) in [5, 5.41) is 0. The molecule has 3 aliphatic rings. The third-order valence-corrected chi connectivity index (χ3v) is 10.9. The molecular weight excluding hydrogens is 648 g/mol. The van der Waals surface area contributed by atoms with E-state index >= 15 is 0 Å². The Kier molecular flexibility index (Phi) is 9.56. The highest BCUT2D eigenvalue weighted by molar-refractivity contribution is 5.62. The Bertz CT molecular complexity index is 1910. The van der Waals surface area contributed by atoms with E-state index in [-0.39, 0.29) is 18.9 Å². The summed E-state index contributed by atoms with van der Waals surface area (Å²) in [6, 6.07) is 19.2. The maximum absolute atomic E-state index is 6.51. The van der Waals surface area contributed by atoms with E-state index in [0.717, 1.165) is 71.8 Å². The lowest BCUT2D eigenvalue weighted by molar-refractivity contribution is -0.923. The highest BCUT2D eigenvalue weighted by Gasteiger charge is 2.39. The van der Waals surface area contributed by atoms with Crippen LogP contribution in [-0.4, -0.2) is 86.0 Å². The van der Waals surface area contributed by atoms with E-state index in [9.17, 15) is 0 Å². The van der Waals surface area contributed by atoms with E-state index in [2.05, 4.69) is 62.4 Å². The van der Waals surface area contributed by atoms with Crippen LogP contribution in [0.15, 0.2) is 54.6 Å². The second-order valence-corrected chi connectivity index (χ2v) is 14.1. The number of nitrogens with zero attached hydrogens (tertiary/aromatic N) is 2. The number of likely N-dealkylation sites (N-methyl/N-ethyl adjacent to an activating group) is 2. The van der Waals surface area contributed by atoms with Gasteiger partial charge < -0.3 is 42.4 Å². The van der Waals surface area contributed by atoms with Crippen molar-refractivity contribution in [2.24, 2.45) is 0 Å². The molecule has 4 aromatic carbocycles. The molecule has 0 aliphatic carbocycles. The predicted octanol–water partition coefficient (Wildman–Crippen LogP) is 6.94. The molecule has 4 aromatic rings. The molecule has 0 aromatic heterocycles. The predicted molar refractivity (Wildman–Crippen MR) is 195 cm³/mol. The largest absolute Gasteiger partial charge is 0.493 e. The summed E-state index contributed by atoms with van der Waals surface area (Å²) in [6.45, 7) is 2.13.